The largest absolute Gasteiger partial charge is 0.457 e. The molecule has 0 radical (unpaired) electrons. The molecule has 6 atom stereocenters. The number of aromatic nitrogens is 4. The molecule has 4 aliphatic rings. The molecular formula is C32H32N6O. The summed E-state index contributed by atoms with van der Waals surface area (Å²) >= 11 is 0. The monoisotopic (exact) mass is 516 g/mol. The molecule has 7 nitrogen and oxygen atoms in total. The number of H-pyrrole nitrogens is 2. The van der Waals surface area contributed by atoms with E-state index in [2.05, 4.69) is 63.1 Å². The van der Waals surface area contributed by atoms with Crippen molar-refractivity contribution in [2.75, 3.05) is 0 Å². The van der Waals surface area contributed by atoms with Gasteiger partial charge in [-0.05, 0) is 97.9 Å². The van der Waals surface area contributed by atoms with Gasteiger partial charge in [0.2, 0.25) is 0 Å². The van der Waals surface area contributed by atoms with Gasteiger partial charge in [-0.25, -0.2) is 9.97 Å². The van der Waals surface area contributed by atoms with Crippen LogP contribution < -0.4 is 15.4 Å². The molecule has 4 heterocycles. The maximum atomic E-state index is 6.32. The van der Waals surface area contributed by atoms with E-state index in [1.807, 2.05) is 18.2 Å². The molecule has 2 aliphatic heterocycles. The number of nitrogens with zero attached hydrogens (tertiary/aromatic N) is 2. The van der Waals surface area contributed by atoms with Crippen LogP contribution in [0.5, 0.6) is 11.5 Å². The molecule has 0 spiro atoms. The Morgan fingerprint density at radius 2 is 1.23 bits per heavy atom. The second kappa shape index (κ2) is 8.41. The normalized spacial score (nSPS) is 29.2. The van der Waals surface area contributed by atoms with Crippen molar-refractivity contribution in [2.24, 2.45) is 11.8 Å². The first kappa shape index (κ1) is 22.2. The minimum atomic E-state index is 0.337. The first-order chi connectivity index (χ1) is 19.2. The molecule has 2 saturated carbocycles. The van der Waals surface area contributed by atoms with Crippen LogP contribution in [0.15, 0.2) is 60.7 Å². The molecular weight excluding hydrogens is 484 g/mol. The SMILES string of the molecule is c1cc(Oc2ccc3nc(C4CC5CCC5N4)[nH]c3c2)cc(-c2ccc3nc(C4CC5CCC5N4)[nH]c3c2)c1. The lowest BCUT2D eigenvalue weighted by Crippen LogP contribution is -2.35. The summed E-state index contributed by atoms with van der Waals surface area (Å²) in [4.78, 5) is 16.9. The summed E-state index contributed by atoms with van der Waals surface area (Å²) in [5, 5.41) is 7.50. The van der Waals surface area contributed by atoms with Crippen LogP contribution in [0.25, 0.3) is 33.2 Å². The maximum Gasteiger partial charge on any atom is 0.129 e. The highest BCUT2D eigenvalue weighted by atomic mass is 16.5. The number of benzene rings is 3. The second-order valence-electron chi connectivity index (χ2n) is 12.1. The Morgan fingerprint density at radius 3 is 1.85 bits per heavy atom. The van der Waals surface area contributed by atoms with Gasteiger partial charge in [0.05, 0.1) is 34.2 Å². The van der Waals surface area contributed by atoms with Gasteiger partial charge in [-0.15, -0.1) is 0 Å². The summed E-state index contributed by atoms with van der Waals surface area (Å²) in [7, 11) is 0. The van der Waals surface area contributed by atoms with Crippen LogP contribution in [0.3, 0.4) is 0 Å². The lowest BCUT2D eigenvalue weighted by molar-refractivity contribution is 0.276. The fourth-order valence-electron chi connectivity index (χ4n) is 7.27. The molecule has 0 amide bonds. The third-order valence-electron chi connectivity index (χ3n) is 9.78. The molecule has 9 rings (SSSR count). The van der Waals surface area contributed by atoms with Gasteiger partial charge in [-0.1, -0.05) is 18.2 Å². The smallest absolute Gasteiger partial charge is 0.129 e. The summed E-state index contributed by atoms with van der Waals surface area (Å²) in [6.45, 7) is 0. The summed E-state index contributed by atoms with van der Waals surface area (Å²) in [5.41, 5.74) is 6.38. The molecule has 3 aromatic carbocycles. The summed E-state index contributed by atoms with van der Waals surface area (Å²) in [6, 6.07) is 23.0. The van der Waals surface area contributed by atoms with E-state index in [1.54, 1.807) is 0 Å². The van der Waals surface area contributed by atoms with E-state index in [0.29, 0.717) is 24.2 Å². The van der Waals surface area contributed by atoms with Crippen molar-refractivity contribution < 1.29 is 4.74 Å². The topological polar surface area (TPSA) is 90.7 Å². The predicted molar refractivity (Wildman–Crippen MR) is 152 cm³/mol. The van der Waals surface area contributed by atoms with E-state index in [1.165, 1.54) is 38.5 Å². The molecule has 0 bridgehead atoms. The minimum absolute atomic E-state index is 0.337. The van der Waals surface area contributed by atoms with Crippen LogP contribution in [0.1, 0.15) is 62.3 Å². The van der Waals surface area contributed by atoms with Crippen molar-refractivity contribution in [3.05, 3.63) is 72.3 Å². The molecule has 39 heavy (non-hydrogen) atoms. The Bertz CT molecular complexity index is 1700. The highest BCUT2D eigenvalue weighted by molar-refractivity contribution is 5.82. The minimum Gasteiger partial charge on any atom is -0.457 e. The lowest BCUT2D eigenvalue weighted by Gasteiger charge is -2.29. The first-order valence-corrected chi connectivity index (χ1v) is 14.5. The van der Waals surface area contributed by atoms with Gasteiger partial charge < -0.3 is 25.3 Å². The van der Waals surface area contributed by atoms with Crippen molar-refractivity contribution in [1.82, 2.24) is 30.6 Å². The average Bonchev–Trinajstić information content (AvgIpc) is 3.68. The molecule has 4 N–H and O–H groups in total. The zero-order valence-corrected chi connectivity index (χ0v) is 21.8. The van der Waals surface area contributed by atoms with Crippen molar-refractivity contribution in [3.63, 3.8) is 0 Å². The number of ether oxygens (including phenoxy) is 1. The molecule has 2 aliphatic carbocycles. The van der Waals surface area contributed by atoms with E-state index in [4.69, 9.17) is 14.7 Å². The molecule has 196 valence electrons. The molecule has 4 fully saturated rings. The number of nitrogens with one attached hydrogen (secondary N) is 4. The summed E-state index contributed by atoms with van der Waals surface area (Å²) in [6.07, 6.45) is 7.69. The third kappa shape index (κ3) is 3.71. The van der Waals surface area contributed by atoms with Gasteiger partial charge in [0.25, 0.3) is 0 Å². The van der Waals surface area contributed by atoms with Gasteiger partial charge in [0.1, 0.15) is 23.1 Å². The third-order valence-corrected chi connectivity index (χ3v) is 9.78. The fourth-order valence-corrected chi connectivity index (χ4v) is 7.27. The summed E-state index contributed by atoms with van der Waals surface area (Å²) < 4.78 is 6.32. The number of imidazole rings is 2. The zero-order valence-electron chi connectivity index (χ0n) is 21.8. The van der Waals surface area contributed by atoms with E-state index in [9.17, 15) is 0 Å². The predicted octanol–water partition coefficient (Wildman–Crippen LogP) is 6.52. The number of hydrogen-bond acceptors (Lipinski definition) is 5. The lowest BCUT2D eigenvalue weighted by atomic mass is 9.80. The van der Waals surface area contributed by atoms with Crippen LogP contribution in [-0.4, -0.2) is 32.0 Å². The van der Waals surface area contributed by atoms with Crippen LogP contribution in [0.4, 0.5) is 0 Å². The van der Waals surface area contributed by atoms with E-state index >= 15 is 0 Å². The van der Waals surface area contributed by atoms with Gasteiger partial charge in [0, 0.05) is 18.2 Å². The number of aromatic amines is 2. The van der Waals surface area contributed by atoms with E-state index in [-0.39, 0.29) is 0 Å². The van der Waals surface area contributed by atoms with Crippen molar-refractivity contribution in [3.8, 4) is 22.6 Å². The van der Waals surface area contributed by atoms with Crippen LogP contribution in [0, 0.1) is 11.8 Å². The highest BCUT2D eigenvalue weighted by Gasteiger charge is 2.42. The van der Waals surface area contributed by atoms with Gasteiger partial charge >= 0.3 is 0 Å². The Kier molecular flexibility index (Phi) is 4.78. The first-order valence-electron chi connectivity index (χ1n) is 14.5. The Balaban J connectivity index is 0.952. The standard InChI is InChI=1S/C32H32N6O/c1-2-17(18-4-10-25-27(13-18)37-31(35-25)29-14-19-5-8-23(19)33-29)12-21(3-1)39-22-7-11-26-28(16-22)38-32(36-26)30-15-20-6-9-24(20)34-30/h1-4,7,10-13,16,19-20,23-24,29-30,33-34H,5-6,8-9,14-15H2,(H,35,37)(H,36,38). The maximum absolute atomic E-state index is 6.32. The second-order valence-corrected chi connectivity index (χ2v) is 12.1. The van der Waals surface area contributed by atoms with Crippen LogP contribution in [-0.2, 0) is 0 Å². The average molecular weight is 517 g/mol. The Labute approximate surface area is 226 Å². The Hall–Kier alpha value is -3.68. The van der Waals surface area contributed by atoms with Crippen molar-refractivity contribution in [1.29, 1.82) is 0 Å². The van der Waals surface area contributed by atoms with Crippen molar-refractivity contribution >= 4 is 22.1 Å². The fraction of sp³-hybridized carbons (Fsp3) is 0.375. The van der Waals surface area contributed by atoms with E-state index < -0.39 is 0 Å². The zero-order chi connectivity index (χ0) is 25.5. The molecule has 6 unspecified atom stereocenters. The number of fused-ring (bicyclic) bond motifs is 4. The molecule has 5 aromatic rings. The van der Waals surface area contributed by atoms with Gasteiger partial charge in [-0.2, -0.15) is 0 Å². The van der Waals surface area contributed by atoms with Crippen molar-refractivity contribution in [2.45, 2.75) is 62.7 Å². The van der Waals surface area contributed by atoms with Gasteiger partial charge in [0.15, 0.2) is 0 Å². The van der Waals surface area contributed by atoms with Crippen LogP contribution in [0.2, 0.25) is 0 Å². The molecule has 7 heteroatoms. The Morgan fingerprint density at radius 1 is 0.615 bits per heavy atom. The highest BCUT2D eigenvalue weighted by Crippen LogP contribution is 2.43. The quantitative estimate of drug-likeness (QED) is 0.213. The molecule has 2 aromatic heterocycles. The summed E-state index contributed by atoms with van der Waals surface area (Å²) in [5.74, 6) is 5.40. The van der Waals surface area contributed by atoms with E-state index in [0.717, 1.165) is 68.2 Å². The number of rotatable bonds is 5. The number of hydrogen-bond donors (Lipinski definition) is 4. The molecule has 2 saturated heterocycles. The van der Waals surface area contributed by atoms with Gasteiger partial charge in [-0.3, -0.25) is 0 Å². The van der Waals surface area contributed by atoms with Crippen LogP contribution >= 0.6 is 0 Å².